The molecule has 1 saturated carbocycles. The van der Waals surface area contributed by atoms with Crippen molar-refractivity contribution in [2.24, 2.45) is 4.99 Å². The predicted octanol–water partition coefficient (Wildman–Crippen LogP) is 2.89. The van der Waals surface area contributed by atoms with Gasteiger partial charge >= 0.3 is 0 Å². The molecule has 10 heteroatoms. The molecule has 3 aromatic carbocycles. The molecule has 2 amide bonds. The molecule has 6 rings (SSSR count). The highest BCUT2D eigenvalue weighted by Gasteiger charge is 2.46. The van der Waals surface area contributed by atoms with Crippen molar-refractivity contribution in [3.63, 3.8) is 0 Å². The van der Waals surface area contributed by atoms with Crippen LogP contribution in [0.2, 0.25) is 0 Å². The lowest BCUT2D eigenvalue weighted by Gasteiger charge is -2.36. The zero-order valence-corrected chi connectivity index (χ0v) is 21.8. The number of rotatable bonds is 8. The minimum absolute atomic E-state index is 0.0621. The van der Waals surface area contributed by atoms with Crippen LogP contribution in [0.3, 0.4) is 0 Å². The molecule has 0 bridgehead atoms. The molecule has 200 valence electrons. The summed E-state index contributed by atoms with van der Waals surface area (Å²) in [7, 11) is 0. The maximum atomic E-state index is 13.2. The van der Waals surface area contributed by atoms with Crippen molar-refractivity contribution in [1.29, 1.82) is 0 Å². The van der Waals surface area contributed by atoms with Crippen LogP contribution in [0.1, 0.15) is 34.3 Å². The number of amidine groups is 1. The summed E-state index contributed by atoms with van der Waals surface area (Å²) in [6.07, 6.45) is 1.16. The van der Waals surface area contributed by atoms with Gasteiger partial charge in [-0.05, 0) is 31.0 Å². The van der Waals surface area contributed by atoms with E-state index in [1.807, 2.05) is 42.5 Å². The summed E-state index contributed by atoms with van der Waals surface area (Å²) in [6, 6.07) is 23.2. The number of amides is 2. The minimum atomic E-state index is -0.895. The Morgan fingerprint density at radius 1 is 1.08 bits per heavy atom. The van der Waals surface area contributed by atoms with Crippen LogP contribution < -0.4 is 20.8 Å². The maximum absolute atomic E-state index is 13.2. The number of carbonyl (C=O) groups excluding carboxylic acids is 2. The van der Waals surface area contributed by atoms with E-state index in [0.717, 1.165) is 24.0 Å². The fourth-order valence-electron chi connectivity index (χ4n) is 5.04. The summed E-state index contributed by atoms with van der Waals surface area (Å²) >= 11 is 6.52. The first-order chi connectivity index (χ1) is 18.9. The smallest absolute Gasteiger partial charge is 0.263 e. The van der Waals surface area contributed by atoms with Crippen LogP contribution in [0, 0.1) is 0 Å². The lowest BCUT2D eigenvalue weighted by molar-refractivity contribution is -0.139. The van der Waals surface area contributed by atoms with E-state index in [-0.39, 0.29) is 29.6 Å². The number of fused-ring (bicyclic) bond motifs is 1. The molecule has 3 unspecified atom stereocenters. The van der Waals surface area contributed by atoms with Crippen molar-refractivity contribution in [3.8, 4) is 11.5 Å². The topological polar surface area (TPSA) is 115 Å². The van der Waals surface area contributed by atoms with E-state index in [2.05, 4.69) is 21.1 Å². The normalized spacial score (nSPS) is 22.9. The lowest BCUT2D eigenvalue weighted by Crippen LogP contribution is -2.65. The maximum Gasteiger partial charge on any atom is 0.263 e. The van der Waals surface area contributed by atoms with Gasteiger partial charge in [0.25, 0.3) is 11.8 Å². The highest BCUT2D eigenvalue weighted by molar-refractivity contribution is 6.31. The molecule has 3 atom stereocenters. The highest BCUT2D eigenvalue weighted by atomic mass is 35.5. The number of alkyl halides is 1. The van der Waals surface area contributed by atoms with Crippen LogP contribution in [0.15, 0.2) is 83.9 Å². The van der Waals surface area contributed by atoms with E-state index in [0.29, 0.717) is 23.7 Å². The summed E-state index contributed by atoms with van der Waals surface area (Å²) in [6.45, 7) is 0.471. The van der Waals surface area contributed by atoms with E-state index in [1.165, 1.54) is 5.01 Å². The minimum Gasteiger partial charge on any atom is -0.508 e. The average molecular weight is 546 g/mol. The molecular weight excluding hydrogens is 518 g/mol. The third kappa shape index (κ3) is 4.91. The molecule has 1 saturated heterocycles. The van der Waals surface area contributed by atoms with Crippen molar-refractivity contribution in [3.05, 3.63) is 95.6 Å². The molecule has 0 spiro atoms. The number of aromatic hydroxyl groups is 1. The molecule has 0 aromatic heterocycles. The molecule has 4 N–H and O–H groups in total. The van der Waals surface area contributed by atoms with Gasteiger partial charge in [0, 0.05) is 23.1 Å². The van der Waals surface area contributed by atoms with Gasteiger partial charge in [0.1, 0.15) is 23.5 Å². The summed E-state index contributed by atoms with van der Waals surface area (Å²) in [5.74, 6) is 0.626. The zero-order valence-electron chi connectivity index (χ0n) is 21.0. The van der Waals surface area contributed by atoms with Crippen LogP contribution in [0.25, 0.3) is 0 Å². The number of carbonyl (C=O) groups is 2. The van der Waals surface area contributed by atoms with Gasteiger partial charge in [0.15, 0.2) is 12.1 Å². The Morgan fingerprint density at radius 2 is 1.79 bits per heavy atom. The monoisotopic (exact) mass is 545 g/mol. The molecule has 3 aromatic rings. The van der Waals surface area contributed by atoms with Gasteiger partial charge in [-0.15, -0.1) is 11.6 Å². The Bertz CT molecular complexity index is 1430. The number of halogens is 1. The van der Waals surface area contributed by atoms with Gasteiger partial charge in [-0.2, -0.15) is 0 Å². The number of ether oxygens (including phenoxy) is 1. The van der Waals surface area contributed by atoms with E-state index in [1.54, 1.807) is 36.4 Å². The van der Waals surface area contributed by atoms with Crippen molar-refractivity contribution in [1.82, 2.24) is 21.1 Å². The molecule has 2 aliphatic heterocycles. The molecular formula is C29H28ClN5O4. The molecule has 1 aliphatic carbocycles. The first-order valence-corrected chi connectivity index (χ1v) is 13.3. The van der Waals surface area contributed by atoms with Crippen LogP contribution in [0.4, 0.5) is 0 Å². The predicted molar refractivity (Wildman–Crippen MR) is 147 cm³/mol. The van der Waals surface area contributed by atoms with Crippen molar-refractivity contribution < 1.29 is 19.4 Å². The quantitative estimate of drug-likeness (QED) is 0.324. The van der Waals surface area contributed by atoms with E-state index >= 15 is 0 Å². The number of phenolic OH excluding ortho intramolecular Hbond substituents is 1. The van der Waals surface area contributed by atoms with Gasteiger partial charge in [-0.25, -0.2) is 10.0 Å². The zero-order chi connectivity index (χ0) is 27.0. The SMILES string of the molecule is O=C(NCC1(c2ccccc2O)CC1)c1ccccc1OCC1NC2N=C(c3ccccc3)NN2C(=O)C1Cl. The first kappa shape index (κ1) is 25.2. The number of hydrazine groups is 1. The summed E-state index contributed by atoms with van der Waals surface area (Å²) < 4.78 is 6.04. The van der Waals surface area contributed by atoms with Crippen molar-refractivity contribution in [2.45, 2.75) is 36.0 Å². The Hall–Kier alpha value is -4.08. The van der Waals surface area contributed by atoms with E-state index < -0.39 is 17.7 Å². The Balaban J connectivity index is 1.11. The highest BCUT2D eigenvalue weighted by Crippen LogP contribution is 2.50. The Labute approximate surface area is 230 Å². The number of nitrogens with one attached hydrogen (secondary N) is 3. The van der Waals surface area contributed by atoms with Gasteiger partial charge in [0.05, 0.1) is 11.6 Å². The van der Waals surface area contributed by atoms with Crippen LogP contribution in [0.5, 0.6) is 11.5 Å². The Kier molecular flexibility index (Phi) is 6.62. The number of phenols is 1. The third-order valence-electron chi connectivity index (χ3n) is 7.43. The third-order valence-corrected chi connectivity index (χ3v) is 7.92. The second-order valence-corrected chi connectivity index (χ2v) is 10.5. The lowest BCUT2D eigenvalue weighted by atomic mass is 9.95. The van der Waals surface area contributed by atoms with E-state index in [4.69, 9.17) is 16.3 Å². The van der Waals surface area contributed by atoms with Crippen molar-refractivity contribution >= 4 is 29.3 Å². The van der Waals surface area contributed by atoms with Crippen LogP contribution >= 0.6 is 11.6 Å². The van der Waals surface area contributed by atoms with Crippen LogP contribution in [-0.4, -0.2) is 58.6 Å². The van der Waals surface area contributed by atoms with E-state index in [9.17, 15) is 14.7 Å². The summed E-state index contributed by atoms with van der Waals surface area (Å²) in [4.78, 5) is 30.8. The largest absolute Gasteiger partial charge is 0.508 e. The standard InChI is InChI=1S/C29H28ClN5O4/c30-24-21(32-28-33-25(34-35(28)27(24)38)18-8-2-1-3-9-18)16-39-23-13-7-4-10-19(23)26(37)31-17-29(14-15-29)20-11-5-6-12-22(20)36/h1-13,21,24,28,32,36H,14-17H2,(H,31,37)(H,33,34). The van der Waals surface area contributed by atoms with Gasteiger partial charge in [-0.1, -0.05) is 60.7 Å². The fourth-order valence-corrected chi connectivity index (χ4v) is 5.29. The molecule has 39 heavy (non-hydrogen) atoms. The van der Waals surface area contributed by atoms with Gasteiger partial charge in [0.2, 0.25) is 0 Å². The second kappa shape index (κ2) is 10.2. The number of benzene rings is 3. The summed E-state index contributed by atoms with van der Waals surface area (Å²) in [5.41, 5.74) is 4.87. The average Bonchev–Trinajstić information content (AvgIpc) is 3.63. The van der Waals surface area contributed by atoms with Gasteiger partial charge < -0.3 is 15.2 Å². The number of hydrogen-bond donors (Lipinski definition) is 4. The summed E-state index contributed by atoms with van der Waals surface area (Å²) in [5, 5.41) is 17.1. The molecule has 3 aliphatic rings. The molecule has 2 heterocycles. The fraction of sp³-hybridized carbons (Fsp3) is 0.276. The van der Waals surface area contributed by atoms with Crippen molar-refractivity contribution in [2.75, 3.05) is 13.2 Å². The Morgan fingerprint density at radius 3 is 2.56 bits per heavy atom. The number of nitrogens with zero attached hydrogens (tertiary/aromatic N) is 2. The van der Waals surface area contributed by atoms with Gasteiger partial charge in [-0.3, -0.25) is 20.3 Å². The number of para-hydroxylation sites is 2. The molecule has 0 radical (unpaired) electrons. The second-order valence-electron chi connectivity index (χ2n) is 10.00. The number of aliphatic imine (C=N–C) groups is 1. The first-order valence-electron chi connectivity index (χ1n) is 12.9. The molecule has 9 nitrogen and oxygen atoms in total. The van der Waals surface area contributed by atoms with Crippen LogP contribution in [-0.2, 0) is 10.2 Å². The number of hydrogen-bond acceptors (Lipinski definition) is 7. The molecule has 2 fully saturated rings.